The topological polar surface area (TPSA) is 105 Å². The van der Waals surface area contributed by atoms with E-state index in [0.717, 1.165) is 70.6 Å². The third kappa shape index (κ3) is 52.1. The number of aliphatic hydroxyl groups excluding tert-OH is 1. The lowest BCUT2D eigenvalue weighted by Crippen LogP contribution is -2.46. The van der Waals surface area contributed by atoms with Crippen LogP contribution < -0.4 is 5.32 Å². The Bertz CT molecular complexity index is 1230. The van der Waals surface area contributed by atoms with E-state index in [-0.39, 0.29) is 19.1 Å². The summed E-state index contributed by atoms with van der Waals surface area (Å²) in [7, 11) is 1.61. The van der Waals surface area contributed by atoms with E-state index in [1.807, 2.05) is 21.1 Å². The van der Waals surface area contributed by atoms with Gasteiger partial charge in [0.05, 0.1) is 39.9 Å². The summed E-state index contributed by atoms with van der Waals surface area (Å²) in [4.78, 5) is 23.3. The van der Waals surface area contributed by atoms with E-state index >= 15 is 0 Å². The van der Waals surface area contributed by atoms with Gasteiger partial charge in [-0.05, 0) is 51.4 Å². The van der Waals surface area contributed by atoms with E-state index in [2.05, 4.69) is 67.8 Å². The second kappa shape index (κ2) is 49.4. The highest BCUT2D eigenvalue weighted by molar-refractivity contribution is 7.47. The van der Waals surface area contributed by atoms with Crippen LogP contribution in [-0.4, -0.2) is 73.4 Å². The van der Waals surface area contributed by atoms with Crippen molar-refractivity contribution in [3.8, 4) is 0 Å². The van der Waals surface area contributed by atoms with Crippen LogP contribution in [0.15, 0.2) is 48.6 Å². The van der Waals surface area contributed by atoms with Gasteiger partial charge in [-0.2, -0.15) is 0 Å². The Hall–Kier alpha value is -1.54. The fraction of sp³-hybridized carbons (Fsp3) is 0.845. The summed E-state index contributed by atoms with van der Waals surface area (Å²) in [5, 5.41) is 14.1. The largest absolute Gasteiger partial charge is 0.472 e. The van der Waals surface area contributed by atoms with Crippen LogP contribution in [0.4, 0.5) is 0 Å². The van der Waals surface area contributed by atoms with E-state index in [9.17, 15) is 19.4 Å². The number of nitrogens with one attached hydrogen (secondary N) is 1. The fourth-order valence-corrected chi connectivity index (χ4v) is 9.13. The predicted octanol–water partition coefficient (Wildman–Crippen LogP) is 17.2. The molecule has 0 aliphatic carbocycles. The molecule has 0 aromatic heterocycles. The van der Waals surface area contributed by atoms with Crippen LogP contribution in [0.2, 0.25) is 0 Å². The Morgan fingerprint density at radius 2 is 0.896 bits per heavy atom. The molecule has 1 amide bonds. The molecule has 0 rings (SSSR count). The number of amides is 1. The number of hydrogen-bond acceptors (Lipinski definition) is 5. The van der Waals surface area contributed by atoms with E-state index in [0.29, 0.717) is 23.9 Å². The first kappa shape index (κ1) is 65.5. The minimum Gasteiger partial charge on any atom is -0.391 e. The van der Waals surface area contributed by atoms with Crippen LogP contribution in [0.1, 0.15) is 264 Å². The molecule has 0 bridgehead atoms. The first-order chi connectivity index (χ1) is 32.5. The van der Waals surface area contributed by atoms with Gasteiger partial charge in [-0.3, -0.25) is 13.8 Å². The molecule has 394 valence electrons. The zero-order chi connectivity index (χ0) is 49.2. The van der Waals surface area contributed by atoms with Crippen molar-refractivity contribution in [2.24, 2.45) is 0 Å². The average Bonchev–Trinajstić information content (AvgIpc) is 3.29. The smallest absolute Gasteiger partial charge is 0.391 e. The van der Waals surface area contributed by atoms with Gasteiger partial charge in [0.25, 0.3) is 0 Å². The molecule has 0 spiro atoms. The number of unbranched alkanes of at least 4 members (excludes halogenated alkanes) is 31. The second-order valence-corrected chi connectivity index (χ2v) is 22.1. The molecule has 0 heterocycles. The maximum absolute atomic E-state index is 13.0. The van der Waals surface area contributed by atoms with Gasteiger partial charge in [0.2, 0.25) is 5.91 Å². The average molecular weight is 965 g/mol. The lowest BCUT2D eigenvalue weighted by Gasteiger charge is -2.26. The molecule has 0 aliphatic rings. The van der Waals surface area contributed by atoms with Crippen LogP contribution in [-0.2, 0) is 18.4 Å². The molecule has 9 heteroatoms. The van der Waals surface area contributed by atoms with Gasteiger partial charge < -0.3 is 19.8 Å². The van der Waals surface area contributed by atoms with Crippen LogP contribution in [0, 0.1) is 0 Å². The number of nitrogens with zero attached hydrogens (tertiary/aromatic N) is 1. The Morgan fingerprint density at radius 3 is 1.31 bits per heavy atom. The van der Waals surface area contributed by atoms with Crippen molar-refractivity contribution in [2.45, 2.75) is 276 Å². The molecule has 3 unspecified atom stereocenters. The summed E-state index contributed by atoms with van der Waals surface area (Å²) in [5.41, 5.74) is 0. The normalized spacial score (nSPS) is 14.3. The number of phosphoric ester groups is 1. The van der Waals surface area contributed by atoms with Crippen molar-refractivity contribution in [3.63, 3.8) is 0 Å². The molecule has 0 saturated heterocycles. The van der Waals surface area contributed by atoms with Gasteiger partial charge in [-0.1, -0.05) is 255 Å². The molecule has 3 N–H and O–H groups in total. The van der Waals surface area contributed by atoms with Crippen molar-refractivity contribution < 1.29 is 32.9 Å². The summed E-state index contributed by atoms with van der Waals surface area (Å²) in [6.07, 6.45) is 64.5. The highest BCUT2D eigenvalue weighted by atomic mass is 31.2. The SMILES string of the molecule is CC/C=C\C/C=C\C/C=C\C/C=C\CCCCCCCCCCC(=O)NC(COP(=O)(O)OCC[N+](C)(C)C)C(O)CCCCCCCCCCCCCCCCCCCCCCCCCC. The number of quaternary nitrogens is 1. The molecule has 67 heavy (non-hydrogen) atoms. The Labute approximate surface area is 416 Å². The van der Waals surface area contributed by atoms with E-state index in [1.54, 1.807) is 0 Å². The second-order valence-electron chi connectivity index (χ2n) is 20.6. The lowest BCUT2D eigenvalue weighted by atomic mass is 10.0. The molecular formula is C58H112N2O6P+. The van der Waals surface area contributed by atoms with Gasteiger partial charge in [0.15, 0.2) is 0 Å². The van der Waals surface area contributed by atoms with Crippen molar-refractivity contribution >= 4 is 13.7 Å². The van der Waals surface area contributed by atoms with Gasteiger partial charge in [-0.15, -0.1) is 0 Å². The highest BCUT2D eigenvalue weighted by Gasteiger charge is 2.28. The molecule has 0 aromatic carbocycles. The number of hydrogen-bond donors (Lipinski definition) is 3. The molecule has 8 nitrogen and oxygen atoms in total. The number of allylic oxidation sites excluding steroid dienone is 8. The van der Waals surface area contributed by atoms with Crippen LogP contribution >= 0.6 is 7.82 Å². The fourth-order valence-electron chi connectivity index (χ4n) is 8.39. The molecule has 0 radical (unpaired) electrons. The molecular weight excluding hydrogens is 852 g/mol. The first-order valence-corrected chi connectivity index (χ1v) is 30.0. The van der Waals surface area contributed by atoms with E-state index in [4.69, 9.17) is 9.05 Å². The number of carbonyl (C=O) groups excluding carboxylic acids is 1. The monoisotopic (exact) mass is 964 g/mol. The zero-order valence-corrected chi connectivity index (χ0v) is 45.8. The van der Waals surface area contributed by atoms with Gasteiger partial charge in [0, 0.05) is 6.42 Å². The minimum atomic E-state index is -4.33. The Morgan fingerprint density at radius 1 is 0.522 bits per heavy atom. The first-order valence-electron chi connectivity index (χ1n) is 28.5. The molecule has 0 aromatic rings. The van der Waals surface area contributed by atoms with Gasteiger partial charge in [-0.25, -0.2) is 4.57 Å². The summed E-state index contributed by atoms with van der Waals surface area (Å²) < 4.78 is 23.8. The highest BCUT2D eigenvalue weighted by Crippen LogP contribution is 2.43. The maximum atomic E-state index is 13.0. The number of aliphatic hydroxyl groups is 1. The number of rotatable bonds is 52. The standard InChI is InChI=1S/C58H111N2O6P/c1-6-8-10-12-14-16-18-20-22-24-26-28-29-30-32-33-35-37-39-41-43-45-47-49-51-57(61)56(55-66-67(63,64)65-54-53-60(3,4)5)59-58(62)52-50-48-46-44-42-40-38-36-34-31-27-25-23-21-19-17-15-13-11-9-7-2/h9,11,15,17,21,23,27,31,56-57,61H,6-8,10,12-14,16,18-20,22,24-26,28-30,32-55H2,1-5H3,(H-,59,62,63,64)/p+1/b11-9-,17-15-,23-21-,31-27-. The third-order valence-electron chi connectivity index (χ3n) is 12.8. The van der Waals surface area contributed by atoms with Gasteiger partial charge in [0.1, 0.15) is 13.2 Å². The summed E-state index contributed by atoms with van der Waals surface area (Å²) in [5.74, 6) is -0.151. The quantitative estimate of drug-likeness (QED) is 0.0243. The van der Waals surface area contributed by atoms with Crippen molar-refractivity contribution in [1.82, 2.24) is 5.32 Å². The minimum absolute atomic E-state index is 0.0719. The van der Waals surface area contributed by atoms with Crippen LogP contribution in [0.25, 0.3) is 0 Å². The number of carbonyl (C=O) groups is 1. The summed E-state index contributed by atoms with van der Waals surface area (Å²) in [6, 6.07) is -0.767. The molecule has 0 fully saturated rings. The maximum Gasteiger partial charge on any atom is 0.472 e. The predicted molar refractivity (Wildman–Crippen MR) is 291 cm³/mol. The summed E-state index contributed by atoms with van der Waals surface area (Å²) >= 11 is 0. The van der Waals surface area contributed by atoms with E-state index < -0.39 is 20.0 Å². The summed E-state index contributed by atoms with van der Waals surface area (Å²) in [6.45, 7) is 4.80. The molecule has 3 atom stereocenters. The zero-order valence-electron chi connectivity index (χ0n) is 44.9. The lowest BCUT2D eigenvalue weighted by molar-refractivity contribution is -0.870. The van der Waals surface area contributed by atoms with Crippen molar-refractivity contribution in [2.75, 3.05) is 40.9 Å². The number of likely N-dealkylation sites (N-methyl/N-ethyl adjacent to an activating group) is 1. The third-order valence-corrected chi connectivity index (χ3v) is 13.8. The molecule has 0 saturated carbocycles. The van der Waals surface area contributed by atoms with Crippen molar-refractivity contribution in [1.29, 1.82) is 0 Å². The molecule has 0 aliphatic heterocycles. The number of phosphoric acid groups is 1. The Balaban J connectivity index is 4.19. The van der Waals surface area contributed by atoms with E-state index in [1.165, 1.54) is 167 Å². The van der Waals surface area contributed by atoms with Crippen LogP contribution in [0.3, 0.4) is 0 Å². The van der Waals surface area contributed by atoms with Crippen molar-refractivity contribution in [3.05, 3.63) is 48.6 Å². The Kier molecular flexibility index (Phi) is 48.3. The van der Waals surface area contributed by atoms with Crippen LogP contribution in [0.5, 0.6) is 0 Å². The van der Waals surface area contributed by atoms with Gasteiger partial charge >= 0.3 is 7.82 Å².